The lowest BCUT2D eigenvalue weighted by Gasteiger charge is -2.06. The molecule has 0 N–H and O–H groups in total. The highest BCUT2D eigenvalue weighted by Gasteiger charge is 2.25. The standard InChI is InChI=1S/C15H18N.C10H9BF5/c1-2-3-11-16-12-9-15(10-13-16)14-7-5-4-6-8-14;1-2-3-4-11-5-6(12)8(14)10(16)9(15)7(5)13/h4-10,12-13H,2-3,11H2,1H3;2-4H2,1H3/q+1;. The maximum absolute atomic E-state index is 13.1. The SMILES string of the molecule is CCCC[B]c1c(F)c(F)c(F)c(F)c1F.CCCC[n+]1ccc(-c2ccccc2)cc1. The van der Waals surface area contributed by atoms with Crippen LogP contribution in [-0.4, -0.2) is 7.28 Å². The Labute approximate surface area is 187 Å². The molecular weight excluding hydrogens is 420 g/mol. The molecule has 7 heteroatoms. The fraction of sp³-hybridized carbons (Fsp3) is 0.320. The molecule has 169 valence electrons. The summed E-state index contributed by atoms with van der Waals surface area (Å²) in [7, 11) is 1.03. The zero-order valence-electron chi connectivity index (χ0n) is 18.4. The van der Waals surface area contributed by atoms with Crippen molar-refractivity contribution in [3.8, 4) is 11.1 Å². The summed E-state index contributed by atoms with van der Waals surface area (Å²) >= 11 is 0. The van der Waals surface area contributed by atoms with E-state index in [9.17, 15) is 22.0 Å². The highest BCUT2D eigenvalue weighted by molar-refractivity contribution is 6.53. The second-order valence-corrected chi connectivity index (χ2v) is 7.37. The van der Waals surface area contributed by atoms with Gasteiger partial charge in [0.25, 0.3) is 0 Å². The van der Waals surface area contributed by atoms with Gasteiger partial charge in [-0.25, -0.2) is 26.5 Å². The molecular formula is C25H27BF5N+. The van der Waals surface area contributed by atoms with Crippen molar-refractivity contribution < 1.29 is 26.5 Å². The molecule has 2 aromatic carbocycles. The first-order valence-electron chi connectivity index (χ1n) is 10.8. The number of unbranched alkanes of at least 4 members (excludes halogenated alkanes) is 2. The Bertz CT molecular complexity index is 949. The third-order valence-electron chi connectivity index (χ3n) is 4.92. The summed E-state index contributed by atoms with van der Waals surface area (Å²) in [5.74, 6) is -9.47. The summed E-state index contributed by atoms with van der Waals surface area (Å²) in [5, 5.41) is 0. The first-order valence-corrected chi connectivity index (χ1v) is 10.8. The molecule has 1 radical (unpaired) electrons. The number of rotatable bonds is 8. The smallest absolute Gasteiger partial charge is 0.200 e. The molecule has 1 nitrogen and oxygen atoms in total. The van der Waals surface area contributed by atoms with Gasteiger partial charge in [0.15, 0.2) is 48.8 Å². The Hall–Kier alpha value is -2.70. The highest BCUT2D eigenvalue weighted by Crippen LogP contribution is 2.17. The van der Waals surface area contributed by atoms with Crippen molar-refractivity contribution in [2.45, 2.75) is 52.4 Å². The summed E-state index contributed by atoms with van der Waals surface area (Å²) < 4.78 is 66.5. The topological polar surface area (TPSA) is 3.88 Å². The van der Waals surface area contributed by atoms with Gasteiger partial charge in [0.1, 0.15) is 6.54 Å². The van der Waals surface area contributed by atoms with Gasteiger partial charge in [0, 0.05) is 18.6 Å². The van der Waals surface area contributed by atoms with Gasteiger partial charge in [-0.1, -0.05) is 69.8 Å². The molecule has 1 aromatic heterocycles. The zero-order valence-corrected chi connectivity index (χ0v) is 18.4. The van der Waals surface area contributed by atoms with E-state index >= 15 is 0 Å². The van der Waals surface area contributed by atoms with E-state index in [2.05, 4.69) is 60.3 Å². The highest BCUT2D eigenvalue weighted by atomic mass is 19.2. The maximum atomic E-state index is 13.1. The van der Waals surface area contributed by atoms with Crippen LogP contribution >= 0.6 is 0 Å². The summed E-state index contributed by atoms with van der Waals surface area (Å²) in [4.78, 5) is 0. The predicted molar refractivity (Wildman–Crippen MR) is 118 cm³/mol. The molecule has 0 aliphatic carbocycles. The van der Waals surface area contributed by atoms with Crippen molar-refractivity contribution in [2.24, 2.45) is 0 Å². The van der Waals surface area contributed by atoms with E-state index in [-0.39, 0.29) is 6.32 Å². The minimum Gasteiger partial charge on any atom is -0.205 e. The molecule has 3 aromatic rings. The molecule has 0 aliphatic rings. The van der Waals surface area contributed by atoms with E-state index < -0.39 is 34.5 Å². The Morgan fingerprint density at radius 1 is 0.656 bits per heavy atom. The number of benzene rings is 2. The van der Waals surface area contributed by atoms with Gasteiger partial charge in [-0.05, 0) is 16.6 Å². The monoisotopic (exact) mass is 447 g/mol. The summed E-state index contributed by atoms with van der Waals surface area (Å²) in [6.45, 7) is 5.19. The average Bonchev–Trinajstić information content (AvgIpc) is 2.83. The van der Waals surface area contributed by atoms with E-state index in [1.165, 1.54) is 24.0 Å². The second-order valence-electron chi connectivity index (χ2n) is 7.37. The summed E-state index contributed by atoms with van der Waals surface area (Å²) in [6.07, 6.45) is 8.49. The zero-order chi connectivity index (χ0) is 23.5. The van der Waals surface area contributed by atoms with Crippen molar-refractivity contribution >= 4 is 12.7 Å². The number of aryl methyl sites for hydroxylation is 1. The first-order chi connectivity index (χ1) is 15.4. The molecule has 0 saturated heterocycles. The van der Waals surface area contributed by atoms with Crippen LogP contribution in [0.1, 0.15) is 39.5 Å². The minimum absolute atomic E-state index is 0.273. The van der Waals surface area contributed by atoms with Gasteiger partial charge in [-0.15, -0.1) is 0 Å². The van der Waals surface area contributed by atoms with Gasteiger partial charge >= 0.3 is 0 Å². The summed E-state index contributed by atoms with van der Waals surface area (Å²) in [6, 6.07) is 14.9. The van der Waals surface area contributed by atoms with Gasteiger partial charge in [0.05, 0.1) is 0 Å². The van der Waals surface area contributed by atoms with Gasteiger partial charge in [-0.2, -0.15) is 0 Å². The normalized spacial score (nSPS) is 10.5. The van der Waals surface area contributed by atoms with Gasteiger partial charge in [-0.3, -0.25) is 0 Å². The van der Waals surface area contributed by atoms with Crippen LogP contribution in [0.25, 0.3) is 11.1 Å². The predicted octanol–water partition coefficient (Wildman–Crippen LogP) is 6.37. The number of pyridine rings is 1. The molecule has 0 atom stereocenters. The van der Waals surface area contributed by atoms with Crippen LogP contribution in [0.5, 0.6) is 0 Å². The molecule has 32 heavy (non-hydrogen) atoms. The van der Waals surface area contributed by atoms with E-state index in [0.29, 0.717) is 6.42 Å². The van der Waals surface area contributed by atoms with Gasteiger partial charge in [0.2, 0.25) is 0 Å². The van der Waals surface area contributed by atoms with Crippen molar-refractivity contribution in [2.75, 3.05) is 0 Å². The van der Waals surface area contributed by atoms with Crippen molar-refractivity contribution in [3.05, 3.63) is 83.9 Å². The average molecular weight is 447 g/mol. The van der Waals surface area contributed by atoms with E-state index in [1.807, 2.05) is 13.0 Å². The lowest BCUT2D eigenvalue weighted by Crippen LogP contribution is -2.32. The molecule has 0 spiro atoms. The molecule has 3 rings (SSSR count). The number of hydrogen-bond acceptors (Lipinski definition) is 0. The third-order valence-corrected chi connectivity index (χ3v) is 4.92. The molecule has 0 amide bonds. The Morgan fingerprint density at radius 3 is 1.69 bits per heavy atom. The Morgan fingerprint density at radius 2 is 1.16 bits per heavy atom. The summed E-state index contributed by atoms with van der Waals surface area (Å²) in [5.41, 5.74) is 1.73. The van der Waals surface area contributed by atoms with Crippen LogP contribution in [-0.2, 0) is 6.54 Å². The maximum Gasteiger partial charge on any atom is 0.200 e. The van der Waals surface area contributed by atoms with Crippen LogP contribution in [0.3, 0.4) is 0 Å². The third kappa shape index (κ3) is 6.91. The molecule has 0 fully saturated rings. The van der Waals surface area contributed by atoms with Gasteiger partial charge < -0.3 is 0 Å². The molecule has 0 unspecified atom stereocenters. The lowest BCUT2D eigenvalue weighted by atomic mass is 9.65. The fourth-order valence-electron chi connectivity index (χ4n) is 3.02. The molecule has 0 bridgehead atoms. The Balaban J connectivity index is 0.000000227. The Kier molecular flexibility index (Phi) is 10.4. The number of halogens is 5. The fourth-order valence-corrected chi connectivity index (χ4v) is 3.02. The lowest BCUT2D eigenvalue weighted by molar-refractivity contribution is -0.697. The second kappa shape index (κ2) is 13.0. The van der Waals surface area contributed by atoms with Crippen LogP contribution in [0.15, 0.2) is 54.9 Å². The number of nitrogens with zero attached hydrogens (tertiary/aromatic N) is 1. The van der Waals surface area contributed by atoms with Crippen LogP contribution in [0, 0.1) is 29.1 Å². The van der Waals surface area contributed by atoms with Crippen LogP contribution in [0.2, 0.25) is 6.32 Å². The van der Waals surface area contributed by atoms with Crippen molar-refractivity contribution in [1.82, 2.24) is 0 Å². The van der Waals surface area contributed by atoms with Crippen LogP contribution in [0.4, 0.5) is 22.0 Å². The van der Waals surface area contributed by atoms with Crippen LogP contribution < -0.4 is 10.0 Å². The largest absolute Gasteiger partial charge is 0.205 e. The van der Waals surface area contributed by atoms with E-state index in [0.717, 1.165) is 20.2 Å². The van der Waals surface area contributed by atoms with E-state index in [1.54, 1.807) is 0 Å². The van der Waals surface area contributed by atoms with E-state index in [4.69, 9.17) is 0 Å². The number of aromatic nitrogens is 1. The minimum atomic E-state index is -2.12. The van der Waals surface area contributed by atoms with Crippen molar-refractivity contribution in [3.63, 3.8) is 0 Å². The quantitative estimate of drug-likeness (QED) is 0.0944. The molecule has 0 saturated carbocycles. The molecule has 0 aliphatic heterocycles. The number of hydrogen-bond donors (Lipinski definition) is 0. The molecule has 1 heterocycles. The van der Waals surface area contributed by atoms with Crippen molar-refractivity contribution in [1.29, 1.82) is 0 Å². The first kappa shape index (κ1) is 25.6.